The van der Waals surface area contributed by atoms with Gasteiger partial charge in [0.2, 0.25) is 15.9 Å². The molecule has 0 spiro atoms. The van der Waals surface area contributed by atoms with E-state index < -0.39 is 10.0 Å². The lowest BCUT2D eigenvalue weighted by Gasteiger charge is -2.45. The van der Waals surface area contributed by atoms with Gasteiger partial charge in [-0.25, -0.2) is 8.42 Å². The number of piperazine rings is 1. The van der Waals surface area contributed by atoms with Crippen molar-refractivity contribution in [3.8, 4) is 0 Å². The fourth-order valence-electron chi connectivity index (χ4n) is 6.23. The van der Waals surface area contributed by atoms with Gasteiger partial charge in [-0.05, 0) is 74.1 Å². The number of amides is 1. The van der Waals surface area contributed by atoms with E-state index in [1.807, 2.05) is 4.90 Å². The number of hydrogen-bond donors (Lipinski definition) is 1. The van der Waals surface area contributed by atoms with Crippen molar-refractivity contribution in [3.63, 3.8) is 0 Å². The van der Waals surface area contributed by atoms with E-state index in [1.165, 1.54) is 0 Å². The smallest absolute Gasteiger partial charge is 0.243 e. The fourth-order valence-corrected chi connectivity index (χ4v) is 8.28. The molecule has 1 amide bonds. The van der Waals surface area contributed by atoms with Crippen LogP contribution < -0.4 is 5.32 Å². The van der Waals surface area contributed by atoms with Crippen molar-refractivity contribution in [1.82, 2.24) is 14.5 Å². The number of halogens is 1. The first-order valence-corrected chi connectivity index (χ1v) is 14.1. The van der Waals surface area contributed by atoms with Crippen molar-refractivity contribution in [2.45, 2.75) is 74.0 Å². The first-order chi connectivity index (χ1) is 15.9. The number of carbonyl (C=O) groups is 1. The van der Waals surface area contributed by atoms with Crippen molar-refractivity contribution < 1.29 is 17.9 Å². The fraction of sp³-hybridized carbons (Fsp3) is 0.708. The Kier molecular flexibility index (Phi) is 5.53. The first kappa shape index (κ1) is 22.3. The summed E-state index contributed by atoms with van der Waals surface area (Å²) in [6.45, 7) is 2.32. The van der Waals surface area contributed by atoms with Gasteiger partial charge in [-0.15, -0.1) is 0 Å². The maximum atomic E-state index is 13.9. The number of nitrogens with zero attached hydrogens (tertiary/aromatic N) is 2. The summed E-state index contributed by atoms with van der Waals surface area (Å²) >= 11 is 6.03. The van der Waals surface area contributed by atoms with Gasteiger partial charge in [0.25, 0.3) is 0 Å². The van der Waals surface area contributed by atoms with Crippen molar-refractivity contribution in [1.29, 1.82) is 0 Å². The topological polar surface area (TPSA) is 79.0 Å². The van der Waals surface area contributed by atoms with Crippen molar-refractivity contribution in [3.05, 3.63) is 29.3 Å². The van der Waals surface area contributed by atoms with Crippen LogP contribution in [0.3, 0.4) is 0 Å². The number of carbonyl (C=O) groups excluding carboxylic acids is 1. The minimum absolute atomic E-state index is 0.160. The zero-order valence-corrected chi connectivity index (χ0v) is 20.4. The van der Waals surface area contributed by atoms with Crippen LogP contribution in [-0.4, -0.2) is 74.0 Å². The molecule has 2 unspecified atom stereocenters. The quantitative estimate of drug-likeness (QED) is 0.659. The molecule has 33 heavy (non-hydrogen) atoms. The second kappa shape index (κ2) is 8.19. The summed E-state index contributed by atoms with van der Waals surface area (Å²) in [5, 5.41) is 4.09. The van der Waals surface area contributed by atoms with Gasteiger partial charge < -0.3 is 15.0 Å². The van der Waals surface area contributed by atoms with Gasteiger partial charge in [0.05, 0.1) is 30.2 Å². The molecular formula is C24H32ClN3O4S. The van der Waals surface area contributed by atoms with Crippen LogP contribution in [0.4, 0.5) is 0 Å². The molecule has 7 nitrogen and oxygen atoms in total. The monoisotopic (exact) mass is 493 g/mol. The molecule has 3 heterocycles. The van der Waals surface area contributed by atoms with Crippen LogP contribution in [-0.2, 0) is 19.6 Å². The third-order valence-corrected chi connectivity index (χ3v) is 10.6. The highest BCUT2D eigenvalue weighted by Crippen LogP contribution is 2.56. The van der Waals surface area contributed by atoms with Crippen LogP contribution >= 0.6 is 11.6 Å². The van der Waals surface area contributed by atoms with Gasteiger partial charge in [0, 0.05) is 36.6 Å². The van der Waals surface area contributed by atoms with Gasteiger partial charge >= 0.3 is 0 Å². The Morgan fingerprint density at radius 2 is 1.73 bits per heavy atom. The number of sulfonamides is 1. The molecule has 9 heteroatoms. The zero-order valence-electron chi connectivity index (χ0n) is 18.8. The summed E-state index contributed by atoms with van der Waals surface area (Å²) in [6.07, 6.45) is 6.47. The average Bonchev–Trinajstić information content (AvgIpc) is 3.73. The molecule has 0 radical (unpaired) electrons. The van der Waals surface area contributed by atoms with E-state index in [0.717, 1.165) is 51.6 Å². The standard InChI is InChI=1S/C24H32ClN3O4S/c25-17-3-7-20(8-4-17)33(30,31)28-21(16-1-2-16)14-32-15-22(28)24(9-10-24)11-23(29)27-12-18-5-6-19(13-27)26-18/h3-4,7-8,16,18-19,21-22,26H,1-2,5-6,9-15H2/t18?,19?,21-,22+/m0/s1. The highest BCUT2D eigenvalue weighted by molar-refractivity contribution is 7.89. The molecule has 2 bridgehead atoms. The van der Waals surface area contributed by atoms with Crippen LogP contribution in [0, 0.1) is 11.3 Å². The van der Waals surface area contributed by atoms with Crippen LogP contribution in [0.5, 0.6) is 0 Å². The number of likely N-dealkylation sites (tertiary alicyclic amines) is 1. The molecular weight excluding hydrogens is 462 g/mol. The number of ether oxygens (including phenoxy) is 1. The van der Waals surface area contributed by atoms with E-state index in [-0.39, 0.29) is 28.3 Å². The first-order valence-electron chi connectivity index (χ1n) is 12.3. The second-order valence-electron chi connectivity index (χ2n) is 10.7. The van der Waals surface area contributed by atoms with Crippen LogP contribution in [0.25, 0.3) is 0 Å². The van der Waals surface area contributed by atoms with Crippen molar-refractivity contribution >= 4 is 27.5 Å². The van der Waals surface area contributed by atoms with E-state index in [2.05, 4.69) is 5.32 Å². The molecule has 1 N–H and O–H groups in total. The summed E-state index contributed by atoms with van der Waals surface area (Å²) in [5.41, 5.74) is -0.325. The van der Waals surface area contributed by atoms with E-state index >= 15 is 0 Å². The highest BCUT2D eigenvalue weighted by Gasteiger charge is 2.59. The number of nitrogens with one attached hydrogen (secondary N) is 1. The van der Waals surface area contributed by atoms with Gasteiger partial charge in [0.1, 0.15) is 0 Å². The maximum Gasteiger partial charge on any atom is 0.243 e. The lowest BCUT2D eigenvalue weighted by Crippen LogP contribution is -2.59. The summed E-state index contributed by atoms with van der Waals surface area (Å²) in [5.74, 6) is 0.508. The van der Waals surface area contributed by atoms with Crippen LogP contribution in [0.15, 0.2) is 29.2 Å². The molecule has 6 rings (SSSR count). The van der Waals surface area contributed by atoms with E-state index in [4.69, 9.17) is 16.3 Å². The molecule has 0 aromatic heterocycles. The average molecular weight is 494 g/mol. The Bertz CT molecular complexity index is 1010. The molecule has 180 valence electrons. The largest absolute Gasteiger partial charge is 0.378 e. The highest BCUT2D eigenvalue weighted by atomic mass is 35.5. The van der Waals surface area contributed by atoms with E-state index in [9.17, 15) is 13.2 Å². The number of rotatable bonds is 6. The Morgan fingerprint density at radius 1 is 1.06 bits per heavy atom. The molecule has 2 saturated carbocycles. The third kappa shape index (κ3) is 4.12. The molecule has 5 aliphatic rings. The van der Waals surface area contributed by atoms with Crippen molar-refractivity contribution in [2.24, 2.45) is 11.3 Å². The predicted molar refractivity (Wildman–Crippen MR) is 124 cm³/mol. The van der Waals surface area contributed by atoms with Crippen LogP contribution in [0.2, 0.25) is 5.02 Å². The predicted octanol–water partition coefficient (Wildman–Crippen LogP) is 2.64. The van der Waals surface area contributed by atoms with Gasteiger partial charge in [-0.1, -0.05) is 11.6 Å². The van der Waals surface area contributed by atoms with E-state index in [0.29, 0.717) is 42.7 Å². The molecule has 3 saturated heterocycles. The van der Waals surface area contributed by atoms with Crippen LogP contribution in [0.1, 0.15) is 44.9 Å². The Hall–Kier alpha value is -1.19. The molecule has 4 atom stereocenters. The summed E-state index contributed by atoms with van der Waals surface area (Å²) in [7, 11) is -3.73. The number of benzene rings is 1. The van der Waals surface area contributed by atoms with Crippen molar-refractivity contribution in [2.75, 3.05) is 26.3 Å². The van der Waals surface area contributed by atoms with Gasteiger partial charge in [-0.3, -0.25) is 4.79 Å². The Labute approximate surface area is 200 Å². The lowest BCUT2D eigenvalue weighted by molar-refractivity contribution is -0.135. The molecule has 3 aliphatic heterocycles. The van der Waals surface area contributed by atoms with E-state index in [1.54, 1.807) is 28.6 Å². The summed E-state index contributed by atoms with van der Waals surface area (Å²) < 4.78 is 35.6. The molecule has 2 aliphatic carbocycles. The van der Waals surface area contributed by atoms with Gasteiger partial charge in [-0.2, -0.15) is 4.31 Å². The molecule has 1 aromatic rings. The lowest BCUT2D eigenvalue weighted by atomic mass is 9.90. The summed E-state index contributed by atoms with van der Waals surface area (Å²) in [6, 6.07) is 6.79. The third-order valence-electron chi connectivity index (χ3n) is 8.43. The maximum absolute atomic E-state index is 13.9. The second-order valence-corrected chi connectivity index (χ2v) is 13.0. The molecule has 1 aromatic carbocycles. The zero-order chi connectivity index (χ0) is 22.8. The summed E-state index contributed by atoms with van der Waals surface area (Å²) in [4.78, 5) is 15.7. The minimum Gasteiger partial charge on any atom is -0.378 e. The van der Waals surface area contributed by atoms with Gasteiger partial charge in [0.15, 0.2) is 0 Å². The SMILES string of the molecule is O=C(CC1([C@H]2COC[C@@H](C3CC3)N2S(=O)(=O)c2ccc(Cl)cc2)CC1)N1CC2CCC(C1)N2. The minimum atomic E-state index is -3.73. The Balaban J connectivity index is 1.28. The number of fused-ring (bicyclic) bond motifs is 2. The number of morpholine rings is 1. The normalized spacial score (nSPS) is 33.8. The number of hydrogen-bond acceptors (Lipinski definition) is 5. The Morgan fingerprint density at radius 3 is 2.33 bits per heavy atom. The molecule has 5 fully saturated rings.